The minimum Gasteiger partial charge on any atom is -0.481 e. The van der Waals surface area contributed by atoms with Gasteiger partial charge in [0.25, 0.3) is 0 Å². The molecule has 0 aliphatic rings. The Balaban J connectivity index is 2.15. The van der Waals surface area contributed by atoms with E-state index in [1.165, 1.54) is 18.2 Å². The van der Waals surface area contributed by atoms with E-state index in [1.54, 1.807) is 31.2 Å². The quantitative estimate of drug-likeness (QED) is 0.728. The van der Waals surface area contributed by atoms with Gasteiger partial charge in [0.1, 0.15) is 11.6 Å². The molecule has 0 spiro atoms. The monoisotopic (exact) mass is 356 g/mol. The van der Waals surface area contributed by atoms with E-state index in [0.29, 0.717) is 20.8 Å². The van der Waals surface area contributed by atoms with Gasteiger partial charge in [0, 0.05) is 10.6 Å². The molecule has 2 rings (SSSR count). The van der Waals surface area contributed by atoms with Crippen LogP contribution in [0.2, 0.25) is 5.02 Å². The highest BCUT2D eigenvalue weighted by molar-refractivity contribution is 9.10. The van der Waals surface area contributed by atoms with Gasteiger partial charge in [0.15, 0.2) is 6.10 Å². The second-order valence-corrected chi connectivity index (χ2v) is 5.50. The summed E-state index contributed by atoms with van der Waals surface area (Å²) < 4.78 is 19.0. The summed E-state index contributed by atoms with van der Waals surface area (Å²) in [7, 11) is 0. The van der Waals surface area contributed by atoms with Crippen LogP contribution >= 0.6 is 27.5 Å². The van der Waals surface area contributed by atoms with E-state index >= 15 is 0 Å². The first-order valence-electron chi connectivity index (χ1n) is 5.89. The summed E-state index contributed by atoms with van der Waals surface area (Å²) in [5.41, 5.74) is 0.475. The van der Waals surface area contributed by atoms with Crippen LogP contribution in [0.25, 0.3) is 0 Å². The fraction of sp³-hybridized carbons (Fsp3) is 0.133. The highest BCUT2D eigenvalue weighted by Crippen LogP contribution is 2.27. The fourth-order valence-electron chi connectivity index (χ4n) is 1.69. The van der Waals surface area contributed by atoms with Gasteiger partial charge in [-0.15, -0.1) is 0 Å². The van der Waals surface area contributed by atoms with Gasteiger partial charge in [-0.1, -0.05) is 23.7 Å². The van der Waals surface area contributed by atoms with Crippen molar-refractivity contribution >= 4 is 33.3 Å². The van der Waals surface area contributed by atoms with Crippen molar-refractivity contribution in [2.75, 3.05) is 0 Å². The van der Waals surface area contributed by atoms with Gasteiger partial charge in [0.2, 0.25) is 5.78 Å². The average Bonchev–Trinajstić information content (AvgIpc) is 2.41. The molecule has 1 unspecified atom stereocenters. The maximum Gasteiger partial charge on any atom is 0.203 e. The standard InChI is InChI=1S/C15H11BrClFO2/c1-9(15(19)10-3-2-4-11(17)7-10)20-14-6-5-12(18)8-13(14)16/h2-9H,1H3. The lowest BCUT2D eigenvalue weighted by molar-refractivity contribution is 0.0817. The minimum absolute atomic E-state index is 0.191. The molecule has 2 aromatic carbocycles. The lowest BCUT2D eigenvalue weighted by atomic mass is 10.1. The van der Waals surface area contributed by atoms with Crippen LogP contribution in [0.1, 0.15) is 17.3 Å². The Kier molecular flexibility index (Phi) is 4.78. The molecule has 0 aliphatic carbocycles. The number of carbonyl (C=O) groups is 1. The van der Waals surface area contributed by atoms with Crippen LogP contribution in [0, 0.1) is 5.82 Å². The molecule has 0 heterocycles. The molecule has 0 bridgehead atoms. The van der Waals surface area contributed by atoms with E-state index in [-0.39, 0.29) is 11.6 Å². The molecule has 0 N–H and O–H groups in total. The van der Waals surface area contributed by atoms with E-state index in [9.17, 15) is 9.18 Å². The van der Waals surface area contributed by atoms with E-state index in [2.05, 4.69) is 15.9 Å². The molecule has 0 saturated carbocycles. The summed E-state index contributed by atoms with van der Waals surface area (Å²) >= 11 is 9.05. The average molecular weight is 358 g/mol. The zero-order valence-electron chi connectivity index (χ0n) is 10.6. The highest BCUT2D eigenvalue weighted by Gasteiger charge is 2.18. The number of ketones is 1. The summed E-state index contributed by atoms with van der Waals surface area (Å²) in [5, 5.41) is 0.492. The van der Waals surface area contributed by atoms with E-state index in [4.69, 9.17) is 16.3 Å². The van der Waals surface area contributed by atoms with Crippen molar-refractivity contribution in [3.05, 3.63) is 63.3 Å². The molecule has 0 radical (unpaired) electrons. The van der Waals surface area contributed by atoms with Crippen LogP contribution in [-0.4, -0.2) is 11.9 Å². The van der Waals surface area contributed by atoms with Crippen LogP contribution in [0.4, 0.5) is 4.39 Å². The Labute approximate surface area is 129 Å². The number of hydrogen-bond acceptors (Lipinski definition) is 2. The van der Waals surface area contributed by atoms with Gasteiger partial charge in [-0.3, -0.25) is 4.79 Å². The lowest BCUT2D eigenvalue weighted by Crippen LogP contribution is -2.24. The maximum absolute atomic E-state index is 13.0. The predicted octanol–water partition coefficient (Wildman–Crippen LogP) is 4.89. The van der Waals surface area contributed by atoms with Crippen LogP contribution in [0.3, 0.4) is 0 Å². The molecular formula is C15H11BrClFO2. The van der Waals surface area contributed by atoms with Gasteiger partial charge < -0.3 is 4.74 Å². The van der Waals surface area contributed by atoms with Crippen molar-refractivity contribution in [1.29, 1.82) is 0 Å². The predicted molar refractivity (Wildman–Crippen MR) is 80.0 cm³/mol. The molecule has 2 nitrogen and oxygen atoms in total. The van der Waals surface area contributed by atoms with Crippen molar-refractivity contribution in [3.8, 4) is 5.75 Å². The van der Waals surface area contributed by atoms with E-state index < -0.39 is 6.10 Å². The molecule has 0 aromatic heterocycles. The third-order valence-corrected chi connectivity index (χ3v) is 3.53. The summed E-state index contributed by atoms with van der Waals surface area (Å²) in [6.45, 7) is 1.64. The summed E-state index contributed by atoms with van der Waals surface area (Å²) in [6, 6.07) is 10.7. The summed E-state index contributed by atoms with van der Waals surface area (Å²) in [6.07, 6.45) is -0.699. The van der Waals surface area contributed by atoms with Crippen LogP contribution < -0.4 is 4.74 Å². The zero-order chi connectivity index (χ0) is 14.7. The van der Waals surface area contributed by atoms with Crippen LogP contribution in [0.15, 0.2) is 46.9 Å². The van der Waals surface area contributed by atoms with Crippen molar-refractivity contribution in [2.24, 2.45) is 0 Å². The summed E-state index contributed by atoms with van der Waals surface area (Å²) in [4.78, 5) is 12.2. The Hall–Kier alpha value is -1.39. The van der Waals surface area contributed by atoms with Gasteiger partial charge in [-0.05, 0) is 53.2 Å². The Bertz CT molecular complexity index is 646. The fourth-order valence-corrected chi connectivity index (χ4v) is 2.33. The number of hydrogen-bond donors (Lipinski definition) is 0. The topological polar surface area (TPSA) is 26.3 Å². The molecule has 20 heavy (non-hydrogen) atoms. The van der Waals surface area contributed by atoms with Crippen LogP contribution in [0.5, 0.6) is 5.75 Å². The zero-order valence-corrected chi connectivity index (χ0v) is 12.9. The Morgan fingerprint density at radius 1 is 1.30 bits per heavy atom. The summed E-state index contributed by atoms with van der Waals surface area (Å²) in [5.74, 6) is -0.156. The first-order valence-corrected chi connectivity index (χ1v) is 7.06. The molecular weight excluding hydrogens is 347 g/mol. The second kappa shape index (κ2) is 6.37. The molecule has 0 fully saturated rings. The molecule has 5 heteroatoms. The Morgan fingerprint density at radius 3 is 2.70 bits per heavy atom. The van der Waals surface area contributed by atoms with Gasteiger partial charge in [-0.2, -0.15) is 0 Å². The molecule has 0 aliphatic heterocycles. The number of halogens is 3. The first kappa shape index (κ1) is 15.0. The molecule has 1 atom stereocenters. The van der Waals surface area contributed by atoms with Gasteiger partial charge in [0.05, 0.1) is 4.47 Å². The normalized spacial score (nSPS) is 12.0. The van der Waals surface area contributed by atoms with Crippen molar-refractivity contribution in [2.45, 2.75) is 13.0 Å². The number of rotatable bonds is 4. The van der Waals surface area contributed by atoms with Crippen molar-refractivity contribution in [1.82, 2.24) is 0 Å². The number of ether oxygens (including phenoxy) is 1. The number of carbonyl (C=O) groups excluding carboxylic acids is 1. The minimum atomic E-state index is -0.699. The largest absolute Gasteiger partial charge is 0.481 e. The molecule has 104 valence electrons. The lowest BCUT2D eigenvalue weighted by Gasteiger charge is -2.15. The number of Topliss-reactive ketones (excluding diaryl/α,β-unsaturated/α-hetero) is 1. The molecule has 2 aromatic rings. The van der Waals surface area contributed by atoms with Crippen LogP contribution in [-0.2, 0) is 0 Å². The van der Waals surface area contributed by atoms with Crippen molar-refractivity contribution < 1.29 is 13.9 Å². The van der Waals surface area contributed by atoms with Gasteiger partial charge in [-0.25, -0.2) is 4.39 Å². The molecule has 0 amide bonds. The molecule has 0 saturated heterocycles. The van der Waals surface area contributed by atoms with E-state index in [1.807, 2.05) is 0 Å². The van der Waals surface area contributed by atoms with Crippen molar-refractivity contribution in [3.63, 3.8) is 0 Å². The smallest absolute Gasteiger partial charge is 0.203 e. The third kappa shape index (κ3) is 3.58. The Morgan fingerprint density at radius 2 is 2.05 bits per heavy atom. The maximum atomic E-state index is 13.0. The van der Waals surface area contributed by atoms with E-state index in [0.717, 1.165) is 0 Å². The third-order valence-electron chi connectivity index (χ3n) is 2.68. The second-order valence-electron chi connectivity index (χ2n) is 4.21. The highest BCUT2D eigenvalue weighted by atomic mass is 79.9. The SMILES string of the molecule is CC(Oc1ccc(F)cc1Br)C(=O)c1cccc(Cl)c1. The first-order chi connectivity index (χ1) is 9.47. The number of benzene rings is 2. The van der Waals surface area contributed by atoms with Gasteiger partial charge >= 0.3 is 0 Å².